The summed E-state index contributed by atoms with van der Waals surface area (Å²) in [5.41, 5.74) is 5.08. The lowest BCUT2D eigenvalue weighted by molar-refractivity contribution is 0.0850. The van der Waals surface area contributed by atoms with Crippen LogP contribution in [-0.2, 0) is 9.78 Å². The van der Waals surface area contributed by atoms with Crippen molar-refractivity contribution in [2.75, 3.05) is 5.32 Å². The summed E-state index contributed by atoms with van der Waals surface area (Å²) in [6.07, 6.45) is 2.72. The van der Waals surface area contributed by atoms with Crippen molar-refractivity contribution in [2.24, 2.45) is 0 Å². The first-order valence-electron chi connectivity index (χ1n) is 4.94. The third-order valence-corrected chi connectivity index (χ3v) is 2.86. The molecule has 1 aromatic rings. The summed E-state index contributed by atoms with van der Waals surface area (Å²) < 4.78 is 0. The van der Waals surface area contributed by atoms with E-state index in [1.165, 1.54) is 5.56 Å². The number of hydrogen-bond acceptors (Lipinski definition) is 3. The van der Waals surface area contributed by atoms with Gasteiger partial charge in [-0.1, -0.05) is 24.8 Å². The van der Waals surface area contributed by atoms with Gasteiger partial charge < -0.3 is 5.32 Å². The van der Waals surface area contributed by atoms with Gasteiger partial charge >= 0.3 is 5.91 Å². The van der Waals surface area contributed by atoms with Crippen LogP contribution in [-0.4, -0.2) is 5.91 Å². The van der Waals surface area contributed by atoms with Crippen molar-refractivity contribution in [3.05, 3.63) is 48.2 Å². The number of nitrogens with one attached hydrogen (secondary N) is 1. The molecule has 15 heavy (non-hydrogen) atoms. The first-order valence-corrected chi connectivity index (χ1v) is 4.94. The van der Waals surface area contributed by atoms with Gasteiger partial charge in [-0.05, 0) is 24.1 Å². The van der Waals surface area contributed by atoms with Crippen molar-refractivity contribution in [1.29, 1.82) is 0 Å². The van der Waals surface area contributed by atoms with Gasteiger partial charge in [0.05, 0.1) is 5.92 Å². The minimum Gasteiger partial charge on any atom is -0.330 e. The van der Waals surface area contributed by atoms with Gasteiger partial charge in [0.2, 0.25) is 0 Å². The van der Waals surface area contributed by atoms with Gasteiger partial charge in [0.15, 0.2) is 0 Å². The second-order valence-corrected chi connectivity index (χ2v) is 3.74. The van der Waals surface area contributed by atoms with Crippen LogP contribution in [0, 0.1) is 0 Å². The molecule has 1 atom stereocenters. The third kappa shape index (κ3) is 1.22. The highest BCUT2D eigenvalue weighted by atomic mass is 17.4. The smallest absolute Gasteiger partial charge is 0.315 e. The highest BCUT2D eigenvalue weighted by molar-refractivity contribution is 5.60. The quantitative estimate of drug-likeness (QED) is 0.454. The maximum atomic E-state index is 5.07. The van der Waals surface area contributed by atoms with E-state index in [4.69, 9.17) is 9.78 Å². The van der Waals surface area contributed by atoms with E-state index in [1.807, 2.05) is 24.3 Å². The van der Waals surface area contributed by atoms with Crippen molar-refractivity contribution < 1.29 is 9.78 Å². The Morgan fingerprint density at radius 1 is 1.47 bits per heavy atom. The van der Waals surface area contributed by atoms with Crippen LogP contribution in [0.25, 0.3) is 0 Å². The molecule has 1 N–H and O–H groups in total. The average molecular weight is 201 g/mol. The Labute approximate surface area is 87.9 Å². The Morgan fingerprint density at radius 3 is 3.00 bits per heavy atom. The van der Waals surface area contributed by atoms with E-state index in [-0.39, 0.29) is 5.92 Å². The van der Waals surface area contributed by atoms with Gasteiger partial charge in [0.1, 0.15) is 0 Å². The molecule has 1 saturated heterocycles. The fraction of sp³-hybridized carbons (Fsp3) is 0.250. The largest absolute Gasteiger partial charge is 0.330 e. The zero-order valence-corrected chi connectivity index (χ0v) is 8.19. The van der Waals surface area contributed by atoms with E-state index in [2.05, 4.69) is 23.7 Å². The van der Waals surface area contributed by atoms with Crippen LogP contribution in [0.15, 0.2) is 42.7 Å². The molecule has 3 heteroatoms. The number of allylic oxidation sites excluding steroid dienone is 1. The minimum atomic E-state index is -0.628. The average Bonchev–Trinajstić information content (AvgIpc) is 2.94. The van der Waals surface area contributed by atoms with E-state index in [1.54, 1.807) is 0 Å². The molecule has 3 nitrogen and oxygen atoms in total. The summed E-state index contributed by atoms with van der Waals surface area (Å²) in [6.45, 7) is 3.56. The Balaban J connectivity index is 1.99. The summed E-state index contributed by atoms with van der Waals surface area (Å²) in [4.78, 5) is 10.1. The summed E-state index contributed by atoms with van der Waals surface area (Å²) in [5.74, 6) is -0.445. The van der Waals surface area contributed by atoms with Gasteiger partial charge in [0.25, 0.3) is 0 Å². The zero-order chi connectivity index (χ0) is 10.3. The Morgan fingerprint density at radius 2 is 2.27 bits per heavy atom. The van der Waals surface area contributed by atoms with Crippen molar-refractivity contribution in [3.63, 3.8) is 0 Å². The van der Waals surface area contributed by atoms with Crippen LogP contribution < -0.4 is 5.32 Å². The first kappa shape index (κ1) is 8.74. The predicted molar refractivity (Wildman–Crippen MR) is 56.0 cm³/mol. The highest BCUT2D eigenvalue weighted by Crippen LogP contribution is 2.52. The molecular weight excluding hydrogens is 190 g/mol. The normalized spacial score (nSPS) is 24.1. The Hall–Kier alpha value is -1.54. The fourth-order valence-electron chi connectivity index (χ4n) is 2.08. The maximum Gasteiger partial charge on any atom is 0.315 e. The van der Waals surface area contributed by atoms with Crippen LogP contribution in [0.1, 0.15) is 17.9 Å². The molecule has 0 bridgehead atoms. The van der Waals surface area contributed by atoms with Gasteiger partial charge in [-0.25, -0.2) is 0 Å². The molecule has 3 rings (SSSR count). The molecule has 1 spiro atoms. The molecule has 0 aliphatic carbocycles. The third-order valence-electron chi connectivity index (χ3n) is 2.86. The molecular formula is C12H11NO2. The Kier molecular flexibility index (Phi) is 1.73. The summed E-state index contributed by atoms with van der Waals surface area (Å²) in [5, 5.41) is 3.23. The zero-order valence-electron chi connectivity index (χ0n) is 8.19. The van der Waals surface area contributed by atoms with Gasteiger partial charge in [-0.15, -0.1) is 5.73 Å². The van der Waals surface area contributed by atoms with E-state index in [9.17, 15) is 0 Å². The number of para-hydroxylation sites is 1. The molecule has 1 fully saturated rings. The lowest BCUT2D eigenvalue weighted by atomic mass is 9.95. The number of hydrogen-bond donors (Lipinski definition) is 1. The van der Waals surface area contributed by atoms with E-state index in [0.29, 0.717) is 0 Å². The number of rotatable bonds is 2. The highest BCUT2D eigenvalue weighted by Gasteiger charge is 2.60. The molecule has 1 aromatic carbocycles. The van der Waals surface area contributed by atoms with Crippen molar-refractivity contribution >= 4 is 5.69 Å². The Bertz CT molecular complexity index is 445. The van der Waals surface area contributed by atoms with E-state index in [0.717, 1.165) is 12.1 Å². The van der Waals surface area contributed by atoms with E-state index >= 15 is 0 Å². The molecule has 1 unspecified atom stereocenters. The van der Waals surface area contributed by atoms with E-state index < -0.39 is 5.91 Å². The number of benzene rings is 1. The van der Waals surface area contributed by atoms with Crippen molar-refractivity contribution in [2.45, 2.75) is 18.2 Å². The maximum absolute atomic E-state index is 5.07. The molecule has 2 aliphatic rings. The van der Waals surface area contributed by atoms with Gasteiger partial charge in [0, 0.05) is 5.69 Å². The minimum absolute atomic E-state index is 0.183. The lowest BCUT2D eigenvalue weighted by Gasteiger charge is -2.08. The van der Waals surface area contributed by atoms with Crippen LogP contribution >= 0.6 is 0 Å². The second kappa shape index (κ2) is 2.97. The molecule has 2 aliphatic heterocycles. The second-order valence-electron chi connectivity index (χ2n) is 3.74. The van der Waals surface area contributed by atoms with Crippen molar-refractivity contribution in [1.82, 2.24) is 0 Å². The van der Waals surface area contributed by atoms with Crippen molar-refractivity contribution in [3.8, 4) is 0 Å². The molecule has 0 saturated carbocycles. The molecule has 0 amide bonds. The lowest BCUT2D eigenvalue weighted by Crippen LogP contribution is -2.23. The molecule has 2 heterocycles. The molecule has 0 aromatic heterocycles. The molecule has 76 valence electrons. The van der Waals surface area contributed by atoms with Gasteiger partial charge in [-0.3, -0.25) is 0 Å². The fourth-order valence-corrected chi connectivity index (χ4v) is 2.08. The van der Waals surface area contributed by atoms with Crippen LogP contribution in [0.2, 0.25) is 0 Å². The first-order chi connectivity index (χ1) is 7.36. The molecule has 0 radical (unpaired) electrons. The number of fused-ring (bicyclic) bond motifs is 1. The van der Waals surface area contributed by atoms with Crippen LogP contribution in [0.4, 0.5) is 5.69 Å². The van der Waals surface area contributed by atoms with Crippen LogP contribution in [0.3, 0.4) is 0 Å². The predicted octanol–water partition coefficient (Wildman–Crippen LogP) is 2.54. The topological polar surface area (TPSA) is 37.1 Å². The SMILES string of the molecule is C=C=CCC1c2ccccc2NC12OO2. The number of anilines is 1. The standard InChI is InChI=1S/C12H11NO2/c1-2-3-7-10-9-6-4-5-8-11(9)13-12(10)14-15-12/h3-6,8,10,13H,1,7H2. The summed E-state index contributed by atoms with van der Waals surface area (Å²) >= 11 is 0. The summed E-state index contributed by atoms with van der Waals surface area (Å²) in [6, 6.07) is 8.13. The van der Waals surface area contributed by atoms with Gasteiger partial charge in [-0.2, -0.15) is 9.78 Å². The summed E-state index contributed by atoms with van der Waals surface area (Å²) in [7, 11) is 0. The van der Waals surface area contributed by atoms with Crippen LogP contribution in [0.5, 0.6) is 0 Å². The monoisotopic (exact) mass is 201 g/mol.